The van der Waals surface area contributed by atoms with Crippen LogP contribution in [0.3, 0.4) is 0 Å². The van der Waals surface area contributed by atoms with Crippen LogP contribution in [0.2, 0.25) is 0 Å². The van der Waals surface area contributed by atoms with E-state index < -0.39 is 0 Å². The second-order valence-corrected chi connectivity index (χ2v) is 10.4. The molecule has 1 unspecified atom stereocenters. The second kappa shape index (κ2) is 30.5. The number of terminal acetylenes is 4. The molecule has 0 spiro atoms. The minimum absolute atomic E-state index is 0.00693. The number of nitrogens with zero attached hydrogens (tertiary/aromatic N) is 1. The summed E-state index contributed by atoms with van der Waals surface area (Å²) in [5.74, 6) is 0.0295. The average molecular weight is 602 g/mol. The van der Waals surface area contributed by atoms with E-state index in [-0.39, 0.29) is 23.6 Å². The highest BCUT2D eigenvalue weighted by Gasteiger charge is 2.41. The third-order valence-corrected chi connectivity index (χ3v) is 7.69. The molecule has 0 bridgehead atoms. The van der Waals surface area contributed by atoms with Crippen molar-refractivity contribution < 1.29 is 19.8 Å². The highest BCUT2D eigenvalue weighted by atomic mass is 19.1. The van der Waals surface area contributed by atoms with E-state index in [0.29, 0.717) is 0 Å². The van der Waals surface area contributed by atoms with Crippen molar-refractivity contribution in [2.24, 2.45) is 5.92 Å². The van der Waals surface area contributed by atoms with Gasteiger partial charge in [-0.05, 0) is 30.9 Å². The van der Waals surface area contributed by atoms with Gasteiger partial charge in [0.1, 0.15) is 5.82 Å². The van der Waals surface area contributed by atoms with Gasteiger partial charge < -0.3 is 15.5 Å². The van der Waals surface area contributed by atoms with E-state index in [1.54, 1.807) is 12.1 Å². The number of piperidine rings is 1. The summed E-state index contributed by atoms with van der Waals surface area (Å²) in [5, 5.41) is 4.30. The maximum Gasteiger partial charge on any atom is 0.232 e. The first kappa shape index (κ1) is 42.1. The molecule has 44 heavy (non-hydrogen) atoms. The van der Waals surface area contributed by atoms with Gasteiger partial charge in [0, 0.05) is 25.1 Å². The number of hydrogen-bond acceptors (Lipinski definition) is 1. The van der Waals surface area contributed by atoms with Gasteiger partial charge in [0.25, 0.3) is 0 Å². The zero-order chi connectivity index (χ0) is 33.4. The first-order chi connectivity index (χ1) is 21.7. The molecule has 1 saturated carbocycles. The lowest BCUT2D eigenvalue weighted by Crippen LogP contribution is -2.81. The summed E-state index contributed by atoms with van der Waals surface area (Å²) >= 11 is 0. The van der Waals surface area contributed by atoms with Gasteiger partial charge in [-0.15, -0.1) is 51.4 Å². The number of amides is 1. The third kappa shape index (κ3) is 16.6. The molecule has 3 fully saturated rings. The van der Waals surface area contributed by atoms with Gasteiger partial charge in [0.15, 0.2) is 0 Å². The number of carbonyl (C=O) groups excluding carboxylic acids is 1. The van der Waals surface area contributed by atoms with Crippen LogP contribution in [0.25, 0.3) is 0 Å². The molecule has 2 heterocycles. The summed E-state index contributed by atoms with van der Waals surface area (Å²) in [4.78, 5) is 15.0. The topological polar surface area (TPSA) is 53.5 Å². The van der Waals surface area contributed by atoms with Crippen molar-refractivity contribution in [2.75, 3.05) is 39.8 Å². The van der Waals surface area contributed by atoms with E-state index in [1.165, 1.54) is 44.9 Å². The lowest BCUT2D eigenvalue weighted by Gasteiger charge is -2.30. The molecular weight excluding hydrogens is 545 g/mol. The Morgan fingerprint density at radius 2 is 1.20 bits per heavy atom. The van der Waals surface area contributed by atoms with Gasteiger partial charge in [-0.25, -0.2) is 4.39 Å². The molecule has 1 amide bonds. The van der Waals surface area contributed by atoms with Gasteiger partial charge in [-0.3, -0.25) is 4.79 Å². The van der Waals surface area contributed by atoms with E-state index in [9.17, 15) is 9.18 Å². The Labute approximate surface area is 269 Å². The number of likely N-dealkylation sites (tertiary alicyclic amines) is 1. The molecule has 0 radical (unpaired) electrons. The zero-order valence-corrected chi connectivity index (χ0v) is 27.0. The number of carbonyl (C=O) groups is 1. The molecule has 2 atom stereocenters. The summed E-state index contributed by atoms with van der Waals surface area (Å²) < 4.78 is 14.7. The first-order valence-corrected chi connectivity index (χ1v) is 15.7. The maximum atomic E-state index is 14.7. The monoisotopic (exact) mass is 601 g/mol. The standard InChI is InChI=1S/C19H28FN3O.C6H12.C6H6.4C2H2/c1-21-9-8-14-6-5-7-17(20)18(14)15-12-22-13-16(15)19(24)23-10-3-2-4-11-23;2*1-2-4-6-5-3-1;4*1-2/h5-7,15-16,21-22H,2-4,8-13H2,1H3;1-6H2;1-6H;4*1-2H/p+2/t15-,16?;;;;;;/m1....../s1. The maximum absolute atomic E-state index is 14.7. The van der Waals surface area contributed by atoms with E-state index in [0.717, 1.165) is 63.1 Å². The molecule has 4 N–H and O–H groups in total. The van der Waals surface area contributed by atoms with Gasteiger partial charge in [0.05, 0.1) is 38.5 Å². The van der Waals surface area contributed by atoms with Crippen LogP contribution in [-0.4, -0.2) is 50.6 Å². The van der Waals surface area contributed by atoms with Crippen LogP contribution in [0, 0.1) is 63.1 Å². The van der Waals surface area contributed by atoms with Crippen LogP contribution in [0.5, 0.6) is 0 Å². The van der Waals surface area contributed by atoms with Crippen LogP contribution >= 0.6 is 0 Å². The Hall–Kier alpha value is -4.00. The van der Waals surface area contributed by atoms with Crippen LogP contribution in [0.15, 0.2) is 54.6 Å². The predicted molar refractivity (Wildman–Crippen MR) is 185 cm³/mol. The molecule has 3 aliphatic rings. The smallest absolute Gasteiger partial charge is 0.232 e. The Kier molecular flexibility index (Phi) is 29.2. The molecule has 2 saturated heterocycles. The van der Waals surface area contributed by atoms with E-state index in [1.807, 2.05) is 54.4 Å². The van der Waals surface area contributed by atoms with Gasteiger partial charge in [-0.2, -0.15) is 0 Å². The first-order valence-electron chi connectivity index (χ1n) is 15.7. The fraction of sp³-hybridized carbons (Fsp3) is 0.462. The summed E-state index contributed by atoms with van der Waals surface area (Å²) in [7, 11) is 2.03. The zero-order valence-electron chi connectivity index (χ0n) is 27.0. The fourth-order valence-corrected chi connectivity index (χ4v) is 5.68. The number of likely N-dealkylation sites (N-methyl/N-ethyl adjacent to an activating group) is 1. The third-order valence-electron chi connectivity index (χ3n) is 7.69. The lowest BCUT2D eigenvalue weighted by atomic mass is 9.84. The predicted octanol–water partition coefficient (Wildman–Crippen LogP) is 4.88. The quantitative estimate of drug-likeness (QED) is 0.472. The van der Waals surface area contributed by atoms with Crippen molar-refractivity contribution in [1.82, 2.24) is 4.90 Å². The highest BCUT2D eigenvalue weighted by molar-refractivity contribution is 5.80. The normalized spacial score (nSPS) is 17.8. The van der Waals surface area contributed by atoms with Gasteiger partial charge in [0.2, 0.25) is 5.91 Å². The number of halogens is 1. The lowest BCUT2D eigenvalue weighted by molar-refractivity contribution is -0.638. The Morgan fingerprint density at radius 3 is 1.66 bits per heavy atom. The van der Waals surface area contributed by atoms with E-state index in [4.69, 9.17) is 0 Å². The molecule has 5 rings (SSSR count). The number of rotatable bonds is 5. The molecular formula is C39H56FN3O+2. The molecule has 2 aromatic carbocycles. The molecule has 0 aromatic heterocycles. The van der Waals surface area contributed by atoms with Crippen molar-refractivity contribution in [3.63, 3.8) is 0 Å². The number of quaternary nitrogens is 2. The van der Waals surface area contributed by atoms with E-state index in [2.05, 4.69) is 62.0 Å². The van der Waals surface area contributed by atoms with Gasteiger partial charge in [-0.1, -0.05) is 87.1 Å². The van der Waals surface area contributed by atoms with Crippen molar-refractivity contribution in [1.29, 1.82) is 0 Å². The summed E-state index contributed by atoms with van der Waals surface area (Å²) in [6.07, 6.45) is 45.3. The summed E-state index contributed by atoms with van der Waals surface area (Å²) in [6.45, 7) is 4.28. The summed E-state index contributed by atoms with van der Waals surface area (Å²) in [6, 6.07) is 17.4. The SMILES string of the molecule is C#C.C#C.C#C.C#C.C1CCCCC1.C[NH2+]CCc1cccc(F)c1[C@@H]1C[NH2+]CC1C(=O)N1CCCCC1.c1ccccc1. The van der Waals surface area contributed by atoms with Crippen molar-refractivity contribution in [3.05, 3.63) is 71.5 Å². The Balaban J connectivity index is 0. The largest absolute Gasteiger partial charge is 0.348 e. The van der Waals surface area contributed by atoms with E-state index >= 15 is 0 Å². The highest BCUT2D eigenvalue weighted by Crippen LogP contribution is 2.32. The molecule has 2 aliphatic heterocycles. The number of benzene rings is 2. The van der Waals surface area contributed by atoms with Crippen LogP contribution in [0.4, 0.5) is 4.39 Å². The van der Waals surface area contributed by atoms with Crippen LogP contribution < -0.4 is 10.6 Å². The van der Waals surface area contributed by atoms with Crippen molar-refractivity contribution in [2.45, 2.75) is 70.1 Å². The van der Waals surface area contributed by atoms with Gasteiger partial charge >= 0.3 is 0 Å². The van der Waals surface area contributed by atoms with Crippen LogP contribution in [-0.2, 0) is 11.2 Å². The molecule has 1 aliphatic carbocycles. The fourth-order valence-electron chi connectivity index (χ4n) is 5.68. The molecule has 238 valence electrons. The van der Waals surface area contributed by atoms with Crippen molar-refractivity contribution >= 4 is 5.91 Å². The molecule has 4 nitrogen and oxygen atoms in total. The second-order valence-electron chi connectivity index (χ2n) is 10.4. The average Bonchev–Trinajstić information content (AvgIpc) is 3.62. The molecule has 5 heteroatoms. The van der Waals surface area contributed by atoms with Crippen LogP contribution in [0.1, 0.15) is 74.8 Å². The Bertz CT molecular complexity index is 971. The minimum atomic E-state index is -0.139. The summed E-state index contributed by atoms with van der Waals surface area (Å²) in [5.41, 5.74) is 1.87. The Morgan fingerprint density at radius 1 is 0.750 bits per heavy atom. The minimum Gasteiger partial charge on any atom is -0.348 e. The number of hydrogen-bond donors (Lipinski definition) is 2. The van der Waals surface area contributed by atoms with Crippen molar-refractivity contribution in [3.8, 4) is 51.4 Å². The number of nitrogens with two attached hydrogens (primary N) is 2. The molecule has 2 aromatic rings.